The van der Waals surface area contributed by atoms with Gasteiger partial charge in [-0.25, -0.2) is 4.39 Å². The zero-order valence-electron chi connectivity index (χ0n) is 11.9. The van der Waals surface area contributed by atoms with Crippen molar-refractivity contribution >= 4 is 0 Å². The number of nitrogens with one attached hydrogen (secondary N) is 1. The van der Waals surface area contributed by atoms with E-state index < -0.39 is 0 Å². The highest BCUT2D eigenvalue weighted by atomic mass is 19.1. The summed E-state index contributed by atoms with van der Waals surface area (Å²) in [6.07, 6.45) is 1.92. The van der Waals surface area contributed by atoms with E-state index in [1.54, 1.807) is 19.2 Å². The number of methoxy groups -OCH3 is 1. The minimum atomic E-state index is -0.247. The number of aliphatic hydroxyl groups is 1. The molecule has 0 aromatic heterocycles. The van der Waals surface area contributed by atoms with Gasteiger partial charge in [0, 0.05) is 18.2 Å². The minimum Gasteiger partial charge on any atom is -0.496 e. The van der Waals surface area contributed by atoms with Crippen LogP contribution in [-0.4, -0.2) is 25.4 Å². The Labute approximate surface area is 114 Å². The van der Waals surface area contributed by atoms with E-state index in [1.165, 1.54) is 6.07 Å². The Kier molecular flexibility index (Phi) is 6.81. The Hall–Kier alpha value is -1.13. The van der Waals surface area contributed by atoms with E-state index in [0.29, 0.717) is 17.2 Å². The summed E-state index contributed by atoms with van der Waals surface area (Å²) in [7, 11) is 1.55. The van der Waals surface area contributed by atoms with Gasteiger partial charge < -0.3 is 15.2 Å². The van der Waals surface area contributed by atoms with Crippen LogP contribution in [0.3, 0.4) is 0 Å². The predicted octanol–water partition coefficient (Wildman–Crippen LogP) is 2.89. The molecule has 1 aromatic carbocycles. The zero-order valence-corrected chi connectivity index (χ0v) is 11.9. The zero-order chi connectivity index (χ0) is 14.3. The third kappa shape index (κ3) is 4.80. The van der Waals surface area contributed by atoms with Crippen molar-refractivity contribution in [2.24, 2.45) is 5.92 Å². The van der Waals surface area contributed by atoms with E-state index in [0.717, 1.165) is 19.4 Å². The molecule has 0 radical (unpaired) electrons. The van der Waals surface area contributed by atoms with Gasteiger partial charge in [-0.3, -0.25) is 0 Å². The van der Waals surface area contributed by atoms with Crippen molar-refractivity contribution in [3.63, 3.8) is 0 Å². The first-order valence-corrected chi connectivity index (χ1v) is 6.76. The maximum Gasteiger partial charge on any atom is 0.131 e. The average Bonchev–Trinajstić information content (AvgIpc) is 2.42. The Balaban J connectivity index is 2.51. The molecule has 2 unspecified atom stereocenters. The lowest BCUT2D eigenvalue weighted by Crippen LogP contribution is -2.22. The van der Waals surface area contributed by atoms with Gasteiger partial charge in [0.1, 0.15) is 11.6 Å². The first-order chi connectivity index (χ1) is 9.10. The molecule has 0 spiro atoms. The van der Waals surface area contributed by atoms with E-state index in [-0.39, 0.29) is 18.5 Å². The monoisotopic (exact) mass is 269 g/mol. The maximum atomic E-state index is 13.8. The fraction of sp³-hybridized carbons (Fsp3) is 0.600. The lowest BCUT2D eigenvalue weighted by atomic mass is 10.0. The van der Waals surface area contributed by atoms with Crippen LogP contribution in [0.4, 0.5) is 4.39 Å². The number of rotatable bonds is 8. The second-order valence-electron chi connectivity index (χ2n) is 4.96. The Morgan fingerprint density at radius 3 is 2.74 bits per heavy atom. The van der Waals surface area contributed by atoms with E-state index in [9.17, 15) is 4.39 Å². The van der Waals surface area contributed by atoms with Crippen LogP contribution in [0, 0.1) is 11.7 Å². The molecule has 108 valence electrons. The maximum absolute atomic E-state index is 13.8. The van der Waals surface area contributed by atoms with Gasteiger partial charge in [-0.1, -0.05) is 13.0 Å². The summed E-state index contributed by atoms with van der Waals surface area (Å²) in [5.41, 5.74) is 0.570. The summed E-state index contributed by atoms with van der Waals surface area (Å²) in [5.74, 6) is 0.645. The van der Waals surface area contributed by atoms with Gasteiger partial charge in [-0.2, -0.15) is 0 Å². The number of aliphatic hydroxyl groups excluding tert-OH is 1. The highest BCUT2D eigenvalue weighted by molar-refractivity contribution is 5.36. The first kappa shape index (κ1) is 15.9. The summed E-state index contributed by atoms with van der Waals surface area (Å²) in [5, 5.41) is 12.2. The lowest BCUT2D eigenvalue weighted by molar-refractivity contribution is 0.227. The normalized spacial score (nSPS) is 14.2. The molecule has 0 heterocycles. The molecule has 2 N–H and O–H groups in total. The number of halogens is 1. The number of benzene rings is 1. The van der Waals surface area contributed by atoms with Crippen molar-refractivity contribution in [1.29, 1.82) is 0 Å². The van der Waals surface area contributed by atoms with E-state index in [4.69, 9.17) is 9.84 Å². The number of hydrogen-bond donors (Lipinski definition) is 2. The van der Waals surface area contributed by atoms with Crippen LogP contribution < -0.4 is 10.1 Å². The van der Waals surface area contributed by atoms with Crippen LogP contribution in [-0.2, 0) is 0 Å². The summed E-state index contributed by atoms with van der Waals surface area (Å²) in [6, 6.07) is 4.77. The molecule has 0 amide bonds. The molecule has 0 saturated carbocycles. The summed E-state index contributed by atoms with van der Waals surface area (Å²) in [6.45, 7) is 4.96. The minimum absolute atomic E-state index is 0.0967. The van der Waals surface area contributed by atoms with Crippen LogP contribution in [0.5, 0.6) is 5.75 Å². The van der Waals surface area contributed by atoms with Gasteiger partial charge in [-0.05, 0) is 44.4 Å². The fourth-order valence-corrected chi connectivity index (χ4v) is 2.08. The molecule has 0 fully saturated rings. The predicted molar refractivity (Wildman–Crippen MR) is 74.9 cm³/mol. The van der Waals surface area contributed by atoms with Crippen molar-refractivity contribution in [3.05, 3.63) is 29.6 Å². The van der Waals surface area contributed by atoms with Gasteiger partial charge in [0.05, 0.1) is 7.11 Å². The quantitative estimate of drug-likeness (QED) is 0.713. The van der Waals surface area contributed by atoms with Gasteiger partial charge in [0.2, 0.25) is 0 Å². The molecular formula is C15H24FNO2. The van der Waals surface area contributed by atoms with Crippen LogP contribution in [0.1, 0.15) is 38.3 Å². The largest absolute Gasteiger partial charge is 0.496 e. The van der Waals surface area contributed by atoms with Crippen molar-refractivity contribution in [2.45, 2.75) is 32.7 Å². The average molecular weight is 269 g/mol. The molecule has 19 heavy (non-hydrogen) atoms. The third-order valence-electron chi connectivity index (χ3n) is 3.30. The smallest absolute Gasteiger partial charge is 0.131 e. The van der Waals surface area contributed by atoms with Crippen molar-refractivity contribution < 1.29 is 14.2 Å². The van der Waals surface area contributed by atoms with E-state index in [2.05, 4.69) is 5.32 Å². The van der Waals surface area contributed by atoms with Gasteiger partial charge >= 0.3 is 0 Å². The van der Waals surface area contributed by atoms with Gasteiger partial charge in [-0.15, -0.1) is 0 Å². The van der Waals surface area contributed by atoms with Crippen LogP contribution in [0.2, 0.25) is 0 Å². The van der Waals surface area contributed by atoms with E-state index in [1.807, 2.05) is 13.8 Å². The molecule has 4 heteroatoms. The lowest BCUT2D eigenvalue weighted by Gasteiger charge is -2.18. The molecule has 0 bridgehead atoms. The summed E-state index contributed by atoms with van der Waals surface area (Å²) >= 11 is 0. The van der Waals surface area contributed by atoms with Crippen LogP contribution in [0.25, 0.3) is 0 Å². The van der Waals surface area contributed by atoms with Gasteiger partial charge in [0.25, 0.3) is 0 Å². The molecule has 1 rings (SSSR count). The van der Waals surface area contributed by atoms with Crippen molar-refractivity contribution in [2.75, 3.05) is 20.3 Å². The van der Waals surface area contributed by atoms with Crippen molar-refractivity contribution in [3.8, 4) is 5.75 Å². The molecule has 3 nitrogen and oxygen atoms in total. The molecule has 0 aliphatic carbocycles. The SMILES string of the molecule is COc1cccc(F)c1C(C)NCCCC(C)CO. The summed E-state index contributed by atoms with van der Waals surface area (Å²) < 4.78 is 19.0. The highest BCUT2D eigenvalue weighted by Crippen LogP contribution is 2.27. The molecule has 0 aliphatic rings. The Morgan fingerprint density at radius 2 is 2.11 bits per heavy atom. The molecule has 0 aliphatic heterocycles. The second-order valence-corrected chi connectivity index (χ2v) is 4.96. The van der Waals surface area contributed by atoms with E-state index >= 15 is 0 Å². The fourth-order valence-electron chi connectivity index (χ4n) is 2.08. The molecule has 0 saturated heterocycles. The summed E-state index contributed by atoms with van der Waals surface area (Å²) in [4.78, 5) is 0. The standard InChI is InChI=1S/C15H24FNO2/c1-11(10-18)6-5-9-17-12(2)15-13(16)7-4-8-14(15)19-3/h4,7-8,11-12,17-18H,5-6,9-10H2,1-3H3. The van der Waals surface area contributed by atoms with Crippen LogP contribution in [0.15, 0.2) is 18.2 Å². The number of ether oxygens (including phenoxy) is 1. The molecule has 1 aromatic rings. The molecule has 2 atom stereocenters. The Morgan fingerprint density at radius 1 is 1.37 bits per heavy atom. The van der Waals surface area contributed by atoms with Gasteiger partial charge in [0.15, 0.2) is 0 Å². The van der Waals surface area contributed by atoms with Crippen molar-refractivity contribution in [1.82, 2.24) is 5.32 Å². The topological polar surface area (TPSA) is 41.5 Å². The second kappa shape index (κ2) is 8.12. The first-order valence-electron chi connectivity index (χ1n) is 6.76. The third-order valence-corrected chi connectivity index (χ3v) is 3.30. The number of hydrogen-bond acceptors (Lipinski definition) is 3. The Bertz CT molecular complexity index is 384. The highest BCUT2D eigenvalue weighted by Gasteiger charge is 2.15. The molecular weight excluding hydrogens is 245 g/mol. The van der Waals surface area contributed by atoms with Crippen LogP contribution >= 0.6 is 0 Å².